The second-order valence-electron chi connectivity index (χ2n) is 3.87. The van der Waals surface area contributed by atoms with Crippen LogP contribution in [0, 0.1) is 6.92 Å². The van der Waals surface area contributed by atoms with Crippen molar-refractivity contribution in [3.05, 3.63) is 55.7 Å². The summed E-state index contributed by atoms with van der Waals surface area (Å²) >= 11 is 12.7. The summed E-state index contributed by atoms with van der Waals surface area (Å²) in [6.45, 7) is 2.71. The third-order valence-corrected chi connectivity index (χ3v) is 4.17. The van der Waals surface area contributed by atoms with E-state index in [4.69, 9.17) is 11.6 Å². The number of hydrogen-bond donors (Lipinski definition) is 1. The summed E-state index contributed by atoms with van der Waals surface area (Å²) < 4.78 is 1.76. The van der Waals surface area contributed by atoms with Crippen molar-refractivity contribution in [1.82, 2.24) is 4.98 Å². The Balaban J connectivity index is 2.09. The van der Waals surface area contributed by atoms with E-state index in [1.54, 1.807) is 0 Å². The third-order valence-electron chi connectivity index (χ3n) is 2.52. The maximum atomic E-state index is 5.96. The zero-order valence-corrected chi connectivity index (χ0v) is 13.6. The van der Waals surface area contributed by atoms with Gasteiger partial charge in [0.25, 0.3) is 0 Å². The summed E-state index contributed by atoms with van der Waals surface area (Å²) in [7, 11) is 0. The Labute approximate surface area is 128 Å². The SMILES string of the molecule is Cc1nc(Br)ccc1NCc1ccc(Cl)c(Br)c1. The van der Waals surface area contributed by atoms with E-state index in [0.717, 1.165) is 37.6 Å². The molecule has 2 nitrogen and oxygen atoms in total. The molecule has 0 saturated carbocycles. The van der Waals surface area contributed by atoms with Gasteiger partial charge in [-0.05, 0) is 68.6 Å². The van der Waals surface area contributed by atoms with Crippen molar-refractivity contribution in [1.29, 1.82) is 0 Å². The number of benzene rings is 1. The monoisotopic (exact) mass is 388 g/mol. The number of nitrogens with one attached hydrogen (secondary N) is 1. The fourth-order valence-corrected chi connectivity index (χ4v) is 2.51. The highest BCUT2D eigenvalue weighted by molar-refractivity contribution is 9.10. The van der Waals surface area contributed by atoms with Crippen molar-refractivity contribution in [3.63, 3.8) is 0 Å². The number of aromatic nitrogens is 1. The molecule has 18 heavy (non-hydrogen) atoms. The maximum Gasteiger partial charge on any atom is 0.106 e. The molecule has 1 N–H and O–H groups in total. The van der Waals surface area contributed by atoms with Crippen molar-refractivity contribution in [3.8, 4) is 0 Å². The topological polar surface area (TPSA) is 24.9 Å². The summed E-state index contributed by atoms with van der Waals surface area (Å²) in [5.74, 6) is 0. The minimum absolute atomic E-state index is 0.722. The molecular weight excluding hydrogens is 379 g/mol. The summed E-state index contributed by atoms with van der Waals surface area (Å²) in [6.07, 6.45) is 0. The smallest absolute Gasteiger partial charge is 0.106 e. The Morgan fingerprint density at radius 3 is 2.67 bits per heavy atom. The van der Waals surface area contributed by atoms with Crippen molar-refractivity contribution in [2.45, 2.75) is 13.5 Å². The van der Waals surface area contributed by atoms with E-state index < -0.39 is 0 Å². The predicted molar refractivity (Wildman–Crippen MR) is 83.2 cm³/mol. The Morgan fingerprint density at radius 2 is 2.00 bits per heavy atom. The lowest BCUT2D eigenvalue weighted by molar-refractivity contribution is 1.10. The first-order valence-corrected chi connectivity index (χ1v) is 7.33. The van der Waals surface area contributed by atoms with Crippen LogP contribution in [0.2, 0.25) is 5.02 Å². The van der Waals surface area contributed by atoms with Crippen molar-refractivity contribution in [2.24, 2.45) is 0 Å². The minimum atomic E-state index is 0.722. The van der Waals surface area contributed by atoms with E-state index in [1.807, 2.05) is 37.3 Å². The molecule has 0 fully saturated rings. The normalized spacial score (nSPS) is 10.4. The molecule has 0 spiro atoms. The highest BCUT2D eigenvalue weighted by Crippen LogP contribution is 2.24. The van der Waals surface area contributed by atoms with E-state index in [0.29, 0.717) is 0 Å². The maximum absolute atomic E-state index is 5.96. The number of aryl methyl sites for hydroxylation is 1. The zero-order valence-electron chi connectivity index (χ0n) is 9.67. The number of nitrogens with zero attached hydrogens (tertiary/aromatic N) is 1. The molecule has 2 rings (SSSR count). The minimum Gasteiger partial charge on any atom is -0.380 e. The second kappa shape index (κ2) is 6.04. The fraction of sp³-hybridized carbons (Fsp3) is 0.154. The fourth-order valence-electron chi connectivity index (χ4n) is 1.56. The zero-order chi connectivity index (χ0) is 13.1. The van der Waals surface area contributed by atoms with Crippen LogP contribution in [0.5, 0.6) is 0 Å². The Morgan fingerprint density at radius 1 is 1.22 bits per heavy atom. The summed E-state index contributed by atoms with van der Waals surface area (Å²) in [4.78, 5) is 4.34. The van der Waals surface area contributed by atoms with E-state index in [-0.39, 0.29) is 0 Å². The standard InChI is InChI=1S/C13H11Br2ClN2/c1-8-12(4-5-13(15)18-8)17-7-9-2-3-11(16)10(14)6-9/h2-6,17H,7H2,1H3. The molecule has 0 aliphatic heterocycles. The van der Waals surface area contributed by atoms with Crippen molar-refractivity contribution >= 4 is 49.1 Å². The van der Waals surface area contributed by atoms with Crippen LogP contribution in [0.15, 0.2) is 39.4 Å². The first-order chi connectivity index (χ1) is 8.56. The molecular formula is C13H11Br2ClN2. The molecule has 2 aromatic rings. The molecule has 0 atom stereocenters. The molecule has 0 unspecified atom stereocenters. The highest BCUT2D eigenvalue weighted by Gasteiger charge is 2.02. The molecule has 0 aliphatic carbocycles. The van der Waals surface area contributed by atoms with Crippen LogP contribution < -0.4 is 5.32 Å². The molecule has 0 saturated heterocycles. The van der Waals surface area contributed by atoms with Gasteiger partial charge >= 0.3 is 0 Å². The van der Waals surface area contributed by atoms with Gasteiger partial charge in [0, 0.05) is 11.0 Å². The Bertz CT molecular complexity index is 573. The molecule has 1 heterocycles. The average molecular weight is 391 g/mol. The van der Waals surface area contributed by atoms with Gasteiger partial charge < -0.3 is 5.32 Å². The number of hydrogen-bond acceptors (Lipinski definition) is 2. The Kier molecular flexibility index (Phi) is 4.65. The molecule has 1 aromatic heterocycles. The predicted octanol–water partition coefficient (Wildman–Crippen LogP) is 5.18. The lowest BCUT2D eigenvalue weighted by atomic mass is 10.2. The van der Waals surface area contributed by atoms with Gasteiger partial charge in [0.05, 0.1) is 16.4 Å². The van der Waals surface area contributed by atoms with Crippen LogP contribution in [0.25, 0.3) is 0 Å². The van der Waals surface area contributed by atoms with Gasteiger partial charge in [0.2, 0.25) is 0 Å². The molecule has 5 heteroatoms. The van der Waals surface area contributed by atoms with Crippen LogP contribution in [-0.4, -0.2) is 4.98 Å². The van der Waals surface area contributed by atoms with Gasteiger partial charge in [-0.2, -0.15) is 0 Å². The van der Waals surface area contributed by atoms with Crippen LogP contribution in [0.4, 0.5) is 5.69 Å². The van der Waals surface area contributed by atoms with Gasteiger partial charge in [-0.15, -0.1) is 0 Å². The first kappa shape index (κ1) is 13.8. The number of pyridine rings is 1. The number of halogens is 3. The molecule has 0 bridgehead atoms. The van der Waals surface area contributed by atoms with Gasteiger partial charge in [-0.3, -0.25) is 0 Å². The van der Waals surface area contributed by atoms with Gasteiger partial charge in [-0.1, -0.05) is 17.7 Å². The Hall–Kier alpha value is -0.580. The molecule has 94 valence electrons. The number of anilines is 1. The largest absolute Gasteiger partial charge is 0.380 e. The van der Waals surface area contributed by atoms with Crippen LogP contribution in [0.1, 0.15) is 11.3 Å². The summed E-state index contributed by atoms with van der Waals surface area (Å²) in [6, 6.07) is 9.83. The molecule has 0 radical (unpaired) electrons. The quantitative estimate of drug-likeness (QED) is 0.731. The van der Waals surface area contributed by atoms with Gasteiger partial charge in [0.15, 0.2) is 0 Å². The van der Waals surface area contributed by atoms with Crippen LogP contribution >= 0.6 is 43.5 Å². The lowest BCUT2D eigenvalue weighted by Crippen LogP contribution is -2.02. The van der Waals surface area contributed by atoms with Crippen LogP contribution in [0.3, 0.4) is 0 Å². The molecule has 1 aromatic carbocycles. The van der Waals surface area contributed by atoms with Crippen molar-refractivity contribution < 1.29 is 0 Å². The highest BCUT2D eigenvalue weighted by atomic mass is 79.9. The van der Waals surface area contributed by atoms with Crippen LogP contribution in [-0.2, 0) is 6.54 Å². The van der Waals surface area contributed by atoms with Gasteiger partial charge in [-0.25, -0.2) is 4.98 Å². The van der Waals surface area contributed by atoms with Gasteiger partial charge in [0.1, 0.15) is 4.60 Å². The van der Waals surface area contributed by atoms with E-state index in [1.165, 1.54) is 0 Å². The molecule has 0 aliphatic rings. The van der Waals surface area contributed by atoms with Crippen molar-refractivity contribution in [2.75, 3.05) is 5.32 Å². The van der Waals surface area contributed by atoms with E-state index in [9.17, 15) is 0 Å². The summed E-state index contributed by atoms with van der Waals surface area (Å²) in [5, 5.41) is 4.08. The van der Waals surface area contributed by atoms with E-state index >= 15 is 0 Å². The number of rotatable bonds is 3. The van der Waals surface area contributed by atoms with E-state index in [2.05, 4.69) is 42.2 Å². The first-order valence-electron chi connectivity index (χ1n) is 5.37. The molecule has 0 amide bonds. The lowest BCUT2D eigenvalue weighted by Gasteiger charge is -2.09. The summed E-state index contributed by atoms with van der Waals surface area (Å²) in [5.41, 5.74) is 3.16. The average Bonchev–Trinajstić information content (AvgIpc) is 2.32. The third kappa shape index (κ3) is 3.46. The second-order valence-corrected chi connectivity index (χ2v) is 5.94.